The van der Waals surface area contributed by atoms with Gasteiger partial charge >= 0.3 is 0 Å². The van der Waals surface area contributed by atoms with Crippen LogP contribution in [0.4, 0.5) is 5.82 Å². The van der Waals surface area contributed by atoms with Gasteiger partial charge in [-0.25, -0.2) is 4.98 Å². The number of thiophene rings is 1. The van der Waals surface area contributed by atoms with Crippen LogP contribution >= 0.6 is 22.9 Å². The highest BCUT2D eigenvalue weighted by molar-refractivity contribution is 7.19. The first-order valence-electron chi connectivity index (χ1n) is 10.5. The van der Waals surface area contributed by atoms with E-state index >= 15 is 0 Å². The quantitative estimate of drug-likeness (QED) is 0.415. The van der Waals surface area contributed by atoms with Gasteiger partial charge in [-0.05, 0) is 73.7 Å². The molecule has 3 aromatic rings. The molecular formula is C23H28ClN3S. The van der Waals surface area contributed by atoms with E-state index in [4.69, 9.17) is 16.6 Å². The molecule has 0 N–H and O–H groups in total. The minimum absolute atomic E-state index is 0.345. The van der Waals surface area contributed by atoms with Crippen molar-refractivity contribution in [1.82, 2.24) is 9.97 Å². The van der Waals surface area contributed by atoms with Crippen LogP contribution in [0.5, 0.6) is 0 Å². The summed E-state index contributed by atoms with van der Waals surface area (Å²) in [6, 6.07) is 7.03. The Labute approximate surface area is 176 Å². The molecular weight excluding hydrogens is 386 g/mol. The fourth-order valence-corrected chi connectivity index (χ4v) is 5.65. The van der Waals surface area contributed by atoms with Gasteiger partial charge in [0.05, 0.1) is 5.39 Å². The fourth-order valence-electron chi connectivity index (χ4n) is 4.40. The number of fused-ring (bicyclic) bond motifs is 2. The number of benzene rings is 1. The van der Waals surface area contributed by atoms with Crippen molar-refractivity contribution >= 4 is 39.0 Å². The van der Waals surface area contributed by atoms with Crippen molar-refractivity contribution in [2.75, 3.05) is 18.0 Å². The zero-order valence-corrected chi connectivity index (χ0v) is 18.6. The van der Waals surface area contributed by atoms with E-state index in [0.29, 0.717) is 5.28 Å². The van der Waals surface area contributed by atoms with Crippen LogP contribution in [-0.2, 0) is 12.8 Å². The maximum atomic E-state index is 6.33. The van der Waals surface area contributed by atoms with Gasteiger partial charge < -0.3 is 4.90 Å². The molecule has 2 heterocycles. The molecule has 2 aromatic heterocycles. The Morgan fingerprint density at radius 2 is 1.75 bits per heavy atom. The lowest BCUT2D eigenvalue weighted by molar-refractivity contribution is 0.686. The Morgan fingerprint density at radius 1 is 1.04 bits per heavy atom. The number of aromatic nitrogens is 2. The number of aryl methyl sites for hydroxylation is 3. The third-order valence-corrected chi connectivity index (χ3v) is 6.77. The zero-order chi connectivity index (χ0) is 19.7. The van der Waals surface area contributed by atoms with Gasteiger partial charge in [-0.2, -0.15) is 4.98 Å². The van der Waals surface area contributed by atoms with Crippen LogP contribution in [0.15, 0.2) is 18.2 Å². The molecule has 0 bridgehead atoms. The van der Waals surface area contributed by atoms with E-state index in [1.807, 2.05) is 0 Å². The standard InChI is InChI=1S/C23H28ClN3S/c1-4-12-27(13-5-2)21-20-19(15(3)28-22(20)26-23(24)25-21)18-11-10-16-8-6-7-9-17(16)14-18/h10-11,14H,4-9,12-13H2,1-3H3. The summed E-state index contributed by atoms with van der Waals surface area (Å²) < 4.78 is 0. The molecule has 3 nitrogen and oxygen atoms in total. The molecule has 0 saturated carbocycles. The van der Waals surface area contributed by atoms with Gasteiger partial charge in [-0.3, -0.25) is 0 Å². The van der Waals surface area contributed by atoms with Crippen LogP contribution in [0, 0.1) is 6.92 Å². The molecule has 1 aliphatic rings. The molecule has 0 saturated heterocycles. The molecule has 148 valence electrons. The largest absolute Gasteiger partial charge is 0.356 e. The lowest BCUT2D eigenvalue weighted by Gasteiger charge is -2.24. The molecule has 4 rings (SSSR count). The summed E-state index contributed by atoms with van der Waals surface area (Å²) in [6.07, 6.45) is 7.18. The number of nitrogens with zero attached hydrogens (tertiary/aromatic N) is 3. The van der Waals surface area contributed by atoms with Crippen LogP contribution in [0.2, 0.25) is 5.28 Å². The van der Waals surface area contributed by atoms with Crippen LogP contribution in [0.1, 0.15) is 55.5 Å². The monoisotopic (exact) mass is 413 g/mol. The van der Waals surface area contributed by atoms with Crippen molar-refractivity contribution in [3.63, 3.8) is 0 Å². The first-order valence-corrected chi connectivity index (χ1v) is 11.7. The van der Waals surface area contributed by atoms with E-state index in [1.165, 1.54) is 58.2 Å². The van der Waals surface area contributed by atoms with E-state index in [1.54, 1.807) is 11.3 Å². The molecule has 28 heavy (non-hydrogen) atoms. The van der Waals surface area contributed by atoms with Gasteiger partial charge in [0.25, 0.3) is 0 Å². The summed E-state index contributed by atoms with van der Waals surface area (Å²) in [5.41, 5.74) is 5.62. The lowest BCUT2D eigenvalue weighted by Crippen LogP contribution is -2.26. The van der Waals surface area contributed by atoms with Gasteiger partial charge in [-0.1, -0.05) is 32.0 Å². The second-order valence-corrected chi connectivity index (χ2v) is 9.25. The van der Waals surface area contributed by atoms with Gasteiger partial charge in [0.15, 0.2) is 0 Å². The third-order valence-electron chi connectivity index (χ3n) is 5.61. The summed E-state index contributed by atoms with van der Waals surface area (Å²) >= 11 is 8.06. The average Bonchev–Trinajstić information content (AvgIpc) is 3.02. The van der Waals surface area contributed by atoms with Crippen LogP contribution in [0.25, 0.3) is 21.3 Å². The van der Waals surface area contributed by atoms with Crippen LogP contribution in [-0.4, -0.2) is 23.1 Å². The lowest BCUT2D eigenvalue weighted by atomic mass is 9.89. The second kappa shape index (κ2) is 8.38. The van der Waals surface area contributed by atoms with E-state index in [0.717, 1.165) is 36.6 Å². The minimum atomic E-state index is 0.345. The van der Waals surface area contributed by atoms with Crippen molar-refractivity contribution in [3.8, 4) is 11.1 Å². The highest BCUT2D eigenvalue weighted by atomic mass is 35.5. The maximum absolute atomic E-state index is 6.33. The highest BCUT2D eigenvalue weighted by Gasteiger charge is 2.22. The zero-order valence-electron chi connectivity index (χ0n) is 17.0. The van der Waals surface area contributed by atoms with Gasteiger partial charge in [0.1, 0.15) is 10.6 Å². The number of anilines is 1. The summed E-state index contributed by atoms with van der Waals surface area (Å²) in [5, 5.41) is 1.52. The van der Waals surface area contributed by atoms with E-state index < -0.39 is 0 Å². The molecule has 0 unspecified atom stereocenters. The van der Waals surface area contributed by atoms with E-state index in [2.05, 4.69) is 48.9 Å². The molecule has 0 fully saturated rings. The van der Waals surface area contributed by atoms with Crippen LogP contribution in [0.3, 0.4) is 0 Å². The van der Waals surface area contributed by atoms with Crippen molar-refractivity contribution in [1.29, 1.82) is 0 Å². The van der Waals surface area contributed by atoms with Crippen molar-refractivity contribution in [2.24, 2.45) is 0 Å². The number of rotatable bonds is 6. The number of halogens is 1. The van der Waals surface area contributed by atoms with Crippen LogP contribution < -0.4 is 4.90 Å². The van der Waals surface area contributed by atoms with Gasteiger partial charge in [0.2, 0.25) is 5.28 Å². The Balaban J connectivity index is 1.92. The van der Waals surface area contributed by atoms with E-state index in [-0.39, 0.29) is 0 Å². The Bertz CT molecular complexity index is 989. The second-order valence-electron chi connectivity index (χ2n) is 7.71. The third kappa shape index (κ3) is 3.65. The number of hydrogen-bond donors (Lipinski definition) is 0. The van der Waals surface area contributed by atoms with Crippen molar-refractivity contribution in [3.05, 3.63) is 39.5 Å². The van der Waals surface area contributed by atoms with Crippen molar-refractivity contribution in [2.45, 2.75) is 59.3 Å². The SMILES string of the molecule is CCCN(CCC)c1nc(Cl)nc2sc(C)c(-c3ccc4c(c3)CCCC4)c12. The normalized spacial score (nSPS) is 13.7. The first-order chi connectivity index (χ1) is 13.6. The Hall–Kier alpha value is -1.65. The predicted octanol–water partition coefficient (Wildman–Crippen LogP) is 6.83. The summed E-state index contributed by atoms with van der Waals surface area (Å²) in [6.45, 7) is 8.59. The minimum Gasteiger partial charge on any atom is -0.356 e. The fraction of sp³-hybridized carbons (Fsp3) is 0.478. The van der Waals surface area contributed by atoms with Gasteiger partial charge in [0, 0.05) is 23.5 Å². The molecule has 0 atom stereocenters. The molecule has 0 amide bonds. The molecule has 5 heteroatoms. The average molecular weight is 414 g/mol. The molecule has 1 aromatic carbocycles. The predicted molar refractivity (Wildman–Crippen MR) is 122 cm³/mol. The molecule has 1 aliphatic carbocycles. The number of hydrogen-bond acceptors (Lipinski definition) is 4. The highest BCUT2D eigenvalue weighted by Crippen LogP contribution is 2.43. The topological polar surface area (TPSA) is 29.0 Å². The smallest absolute Gasteiger partial charge is 0.225 e. The summed E-state index contributed by atoms with van der Waals surface area (Å²) in [7, 11) is 0. The first kappa shape index (κ1) is 19.7. The van der Waals surface area contributed by atoms with Gasteiger partial charge in [-0.15, -0.1) is 11.3 Å². The maximum Gasteiger partial charge on any atom is 0.225 e. The molecule has 0 aliphatic heterocycles. The molecule has 0 radical (unpaired) electrons. The summed E-state index contributed by atoms with van der Waals surface area (Å²) in [4.78, 5) is 14.0. The summed E-state index contributed by atoms with van der Waals surface area (Å²) in [5.74, 6) is 0.996. The van der Waals surface area contributed by atoms with E-state index in [9.17, 15) is 0 Å². The Kier molecular flexibility index (Phi) is 5.88. The Morgan fingerprint density at radius 3 is 2.46 bits per heavy atom. The molecule has 0 spiro atoms. The van der Waals surface area contributed by atoms with Crippen molar-refractivity contribution < 1.29 is 0 Å².